The van der Waals surface area contributed by atoms with Crippen LogP contribution in [0.2, 0.25) is 0 Å². The molecule has 0 aliphatic carbocycles. The number of rotatable bonds is 18. The van der Waals surface area contributed by atoms with Crippen molar-refractivity contribution in [2.45, 2.75) is 108 Å². The fourth-order valence-corrected chi connectivity index (χ4v) is 9.43. The number of nitrogens with zero attached hydrogens (tertiary/aromatic N) is 9. The zero-order valence-electron chi connectivity index (χ0n) is 44.1. The minimum atomic E-state index is 0.0553. The number of thioether (sulfide) groups is 3. The van der Waals surface area contributed by atoms with Gasteiger partial charge in [0.05, 0.1) is 17.3 Å². The van der Waals surface area contributed by atoms with E-state index in [1.165, 1.54) is 99.9 Å². The van der Waals surface area contributed by atoms with E-state index >= 15 is 0 Å². The summed E-state index contributed by atoms with van der Waals surface area (Å²) < 4.78 is 0.538. The highest BCUT2D eigenvalue weighted by Crippen LogP contribution is 2.18. The van der Waals surface area contributed by atoms with Gasteiger partial charge in [-0.15, -0.1) is 0 Å². The van der Waals surface area contributed by atoms with Crippen LogP contribution in [0.3, 0.4) is 0 Å². The number of carbonyl (C=O) groups excluding carboxylic acids is 4. The van der Waals surface area contributed by atoms with Crippen molar-refractivity contribution < 1.29 is 19.2 Å². The molecule has 0 saturated carbocycles. The SMILES string of the molecule is CCC=O.CCCN1CCCC(CNC(=O)CSc2ncc(C)cn2)C1.Cc1cnc(=S)[nH]c1.Cc1cnc(SCC(=O)NCC2CCCN(C)C2)nc1.Cc1cnc(SCC(=O)NCC2CCCNC2)nc1. The third-order valence-corrected chi connectivity index (χ3v) is 14.1. The van der Waals surface area contributed by atoms with E-state index in [4.69, 9.17) is 12.2 Å². The predicted molar refractivity (Wildman–Crippen MR) is 297 cm³/mol. The molecular formula is C51H80N14O4S4. The van der Waals surface area contributed by atoms with E-state index in [0.29, 0.717) is 61.7 Å². The molecule has 3 unspecified atom stereocenters. The minimum Gasteiger partial charge on any atom is -0.355 e. The molecule has 4 aromatic rings. The molecule has 22 heteroatoms. The number of carbonyl (C=O) groups is 4. The molecule has 3 aliphatic rings. The second-order valence-corrected chi connectivity index (χ2v) is 21.6. The van der Waals surface area contributed by atoms with Crippen LogP contribution < -0.4 is 21.3 Å². The highest BCUT2D eigenvalue weighted by molar-refractivity contribution is 8.00. The lowest BCUT2D eigenvalue weighted by Gasteiger charge is -2.32. The van der Waals surface area contributed by atoms with Crippen molar-refractivity contribution >= 4 is 71.5 Å². The van der Waals surface area contributed by atoms with Crippen molar-refractivity contribution in [3.63, 3.8) is 0 Å². The molecule has 0 spiro atoms. The van der Waals surface area contributed by atoms with E-state index in [1.807, 2.05) is 40.8 Å². The third-order valence-electron chi connectivity index (χ3n) is 11.3. The third kappa shape index (κ3) is 30.5. The Bertz CT molecular complexity index is 2180. The Morgan fingerprint density at radius 3 is 1.45 bits per heavy atom. The molecule has 3 aliphatic heterocycles. The van der Waals surface area contributed by atoms with Crippen LogP contribution >= 0.6 is 47.5 Å². The summed E-state index contributed by atoms with van der Waals surface area (Å²) in [6.45, 7) is 22.0. The number of piperidine rings is 3. The van der Waals surface area contributed by atoms with Gasteiger partial charge in [0.1, 0.15) is 6.29 Å². The molecule has 73 heavy (non-hydrogen) atoms. The molecule has 3 atom stereocenters. The minimum absolute atomic E-state index is 0.0553. The summed E-state index contributed by atoms with van der Waals surface area (Å²) in [5.41, 5.74) is 4.18. The molecule has 3 amide bonds. The number of aryl methyl sites for hydroxylation is 4. The van der Waals surface area contributed by atoms with E-state index in [1.54, 1.807) is 43.4 Å². The quantitative estimate of drug-likeness (QED) is 0.0311. The topological polar surface area (TPSA) is 229 Å². The summed E-state index contributed by atoms with van der Waals surface area (Å²) in [6, 6.07) is 0. The van der Waals surface area contributed by atoms with E-state index < -0.39 is 0 Å². The van der Waals surface area contributed by atoms with Gasteiger partial charge in [-0.05, 0) is 165 Å². The van der Waals surface area contributed by atoms with Crippen molar-refractivity contribution in [3.8, 4) is 0 Å². The monoisotopic (exact) mass is 1080 g/mol. The first-order valence-corrected chi connectivity index (χ1v) is 28.7. The molecule has 402 valence electrons. The lowest BCUT2D eigenvalue weighted by atomic mass is 9.98. The lowest BCUT2D eigenvalue weighted by molar-refractivity contribution is -0.119. The Morgan fingerprint density at radius 2 is 1.07 bits per heavy atom. The number of aromatic nitrogens is 8. The summed E-state index contributed by atoms with van der Waals surface area (Å²) in [6.07, 6.45) is 24.2. The van der Waals surface area contributed by atoms with E-state index in [-0.39, 0.29) is 17.7 Å². The molecule has 3 fully saturated rings. The summed E-state index contributed by atoms with van der Waals surface area (Å²) >= 11 is 8.85. The molecule has 0 radical (unpaired) electrons. The first-order valence-electron chi connectivity index (χ1n) is 25.4. The van der Waals surface area contributed by atoms with E-state index in [9.17, 15) is 19.2 Å². The lowest BCUT2D eigenvalue weighted by Crippen LogP contribution is -2.41. The van der Waals surface area contributed by atoms with Gasteiger partial charge in [-0.1, -0.05) is 49.1 Å². The van der Waals surface area contributed by atoms with E-state index in [0.717, 1.165) is 74.4 Å². The van der Waals surface area contributed by atoms with Crippen LogP contribution in [-0.2, 0) is 19.2 Å². The molecule has 7 rings (SSSR count). The Balaban J connectivity index is 0.000000260. The van der Waals surface area contributed by atoms with Gasteiger partial charge in [0, 0.05) is 88.7 Å². The number of aromatic amines is 1. The summed E-state index contributed by atoms with van der Waals surface area (Å²) in [5, 5.41) is 14.4. The Labute approximate surface area is 451 Å². The molecule has 4 aromatic heterocycles. The van der Waals surface area contributed by atoms with Crippen LogP contribution in [0.4, 0.5) is 0 Å². The normalized spacial score (nSPS) is 17.5. The molecule has 18 nitrogen and oxygen atoms in total. The maximum atomic E-state index is 11.9. The highest BCUT2D eigenvalue weighted by Gasteiger charge is 2.20. The van der Waals surface area contributed by atoms with Crippen molar-refractivity contribution in [3.05, 3.63) is 76.6 Å². The number of nitrogens with one attached hydrogen (secondary N) is 5. The van der Waals surface area contributed by atoms with Crippen molar-refractivity contribution in [2.75, 3.05) is 89.8 Å². The van der Waals surface area contributed by atoms with Gasteiger partial charge in [-0.3, -0.25) is 14.4 Å². The first kappa shape index (κ1) is 62.8. The Kier molecular flexibility index (Phi) is 32.8. The summed E-state index contributed by atoms with van der Waals surface area (Å²) in [5.74, 6) is 3.07. The van der Waals surface area contributed by atoms with Crippen LogP contribution in [0.5, 0.6) is 0 Å². The molecule has 0 bridgehead atoms. The molecule has 7 heterocycles. The van der Waals surface area contributed by atoms with Gasteiger partial charge in [0.2, 0.25) is 17.7 Å². The average Bonchev–Trinajstić information content (AvgIpc) is 3.40. The van der Waals surface area contributed by atoms with E-state index in [2.05, 4.69) is 84.9 Å². The molecular weight excluding hydrogens is 1000 g/mol. The number of likely N-dealkylation sites (tertiary alicyclic amines) is 2. The number of hydrogen-bond donors (Lipinski definition) is 5. The van der Waals surface area contributed by atoms with Crippen LogP contribution in [-0.4, -0.2) is 163 Å². The zero-order valence-corrected chi connectivity index (χ0v) is 47.3. The Morgan fingerprint density at radius 1 is 0.644 bits per heavy atom. The van der Waals surface area contributed by atoms with Gasteiger partial charge in [-0.25, -0.2) is 34.9 Å². The number of amides is 3. The average molecular weight is 1080 g/mol. The number of hydrogen-bond acceptors (Lipinski definition) is 18. The van der Waals surface area contributed by atoms with Crippen molar-refractivity contribution in [1.29, 1.82) is 0 Å². The predicted octanol–water partition coefficient (Wildman–Crippen LogP) is 6.49. The van der Waals surface area contributed by atoms with Gasteiger partial charge >= 0.3 is 0 Å². The Hall–Kier alpha value is -4.45. The molecule has 3 saturated heterocycles. The highest BCUT2D eigenvalue weighted by atomic mass is 32.2. The molecule has 0 aromatic carbocycles. The van der Waals surface area contributed by atoms with Gasteiger partial charge in [-0.2, -0.15) is 0 Å². The molecule has 5 N–H and O–H groups in total. The van der Waals surface area contributed by atoms with Gasteiger partial charge in [0.25, 0.3) is 0 Å². The van der Waals surface area contributed by atoms with Crippen LogP contribution in [0.15, 0.2) is 65.0 Å². The van der Waals surface area contributed by atoms with Gasteiger partial charge < -0.3 is 40.8 Å². The van der Waals surface area contributed by atoms with Gasteiger partial charge in [0.15, 0.2) is 20.2 Å². The second kappa shape index (κ2) is 38.2. The standard InChI is InChI=1S/C16H26N4OS.C14H22N4OS.C13H20N4OS.C5H6N2S.C3H6O/c1-3-6-20-7-4-5-14(11-20)10-17-15(21)12-22-16-18-8-13(2)9-19-16;1-11-6-16-14(17-7-11)20-10-13(19)15-8-12-4-3-5-18(2)9-12;1-10-5-16-13(17-6-10)19-9-12(18)15-8-11-3-2-4-14-7-11;1-4-2-6-5(8)7-3-4;1-2-3-4/h8-9,14H,3-7,10-12H2,1-2H3,(H,17,21);6-7,12H,3-5,8-10H2,1-2H3,(H,15,19);5-6,11,14H,2-4,7-9H2,1H3,(H,15,18);2-3H,1H3,(H,6,7,8);3H,2H2,1H3. The van der Waals surface area contributed by atoms with Crippen molar-refractivity contribution in [2.24, 2.45) is 17.8 Å². The zero-order chi connectivity index (χ0) is 53.1. The fraction of sp³-hybridized carbons (Fsp3) is 0.608. The maximum absolute atomic E-state index is 11.9. The summed E-state index contributed by atoms with van der Waals surface area (Å²) in [7, 11) is 2.14. The van der Waals surface area contributed by atoms with Crippen LogP contribution in [0, 0.1) is 50.2 Å². The maximum Gasteiger partial charge on any atom is 0.230 e. The van der Waals surface area contributed by atoms with Crippen LogP contribution in [0.1, 0.15) is 87.5 Å². The second-order valence-electron chi connectivity index (χ2n) is 18.4. The van der Waals surface area contributed by atoms with Crippen molar-refractivity contribution in [1.82, 2.24) is 70.9 Å². The first-order chi connectivity index (χ1) is 35.2. The fourth-order valence-electron chi connectivity index (χ4n) is 7.47. The smallest absolute Gasteiger partial charge is 0.230 e. The number of aldehydes is 1. The van der Waals surface area contributed by atoms with Crippen LogP contribution in [0.25, 0.3) is 0 Å². The largest absolute Gasteiger partial charge is 0.355 e. The summed E-state index contributed by atoms with van der Waals surface area (Å²) in [4.78, 5) is 81.2. The number of H-pyrrole nitrogens is 1.